The van der Waals surface area contributed by atoms with Gasteiger partial charge in [0, 0.05) is 38.2 Å². The maximum absolute atomic E-state index is 12.1. The van der Waals surface area contributed by atoms with Gasteiger partial charge in [-0.15, -0.1) is 0 Å². The number of aliphatic imine (C=N–C) groups is 2. The number of esters is 2. The Morgan fingerprint density at radius 1 is 0.596 bits per heavy atom. The molecule has 0 bridgehead atoms. The number of guanidine groups is 1. The summed E-state index contributed by atoms with van der Waals surface area (Å²) in [4.78, 5) is 32.4. The zero-order chi connectivity index (χ0) is 40.7. The Morgan fingerprint density at radius 3 is 1.53 bits per heavy atom. The molecule has 57 heavy (non-hydrogen) atoms. The Bertz CT molecular complexity index is 1420. The molecule has 0 aromatic rings. The summed E-state index contributed by atoms with van der Waals surface area (Å²) in [5, 5.41) is 0. The van der Waals surface area contributed by atoms with Crippen LogP contribution >= 0.6 is 0 Å². The molecule has 2 aliphatic heterocycles. The van der Waals surface area contributed by atoms with Gasteiger partial charge in [0.15, 0.2) is 5.96 Å². The Labute approximate surface area is 340 Å². The topological polar surface area (TPSA) is 166 Å². The van der Waals surface area contributed by atoms with E-state index < -0.39 is 0 Å². The van der Waals surface area contributed by atoms with E-state index in [1.165, 1.54) is 5.57 Å². The molecule has 2 unspecified atom stereocenters. The molecule has 2 aliphatic rings. The fourth-order valence-electron chi connectivity index (χ4n) is 5.14. The van der Waals surface area contributed by atoms with Crippen LogP contribution in [0.3, 0.4) is 0 Å². The smallest absolute Gasteiger partial charge is 0.306 e. The first kappa shape index (κ1) is 48.5. The lowest BCUT2D eigenvalue weighted by Gasteiger charge is -2.17. The van der Waals surface area contributed by atoms with Gasteiger partial charge in [0.1, 0.15) is 13.2 Å². The summed E-state index contributed by atoms with van der Waals surface area (Å²) < 4.78 is 34.4. The molecule has 2 heterocycles. The van der Waals surface area contributed by atoms with Gasteiger partial charge in [0.05, 0.1) is 51.8 Å². The number of ether oxygens (including phenoxy) is 6. The monoisotopic (exact) mass is 790 g/mol. The molecule has 0 aromatic heterocycles. The SMILES string of the molecule is NC(N)=NCCC1COCC=CCC=CCOC(=O)CCC=CCC=CCOCC(CCC2=CN=CC2)OCC=CCC=CCCC(=O)OCC=CCC=CCO1. The molecular weight excluding hydrogens is 725 g/mol. The molecule has 12 nitrogen and oxygen atoms in total. The first-order chi connectivity index (χ1) is 28.0. The highest BCUT2D eigenvalue weighted by molar-refractivity contribution is 5.75. The second-order valence-corrected chi connectivity index (χ2v) is 13.1. The van der Waals surface area contributed by atoms with E-state index in [9.17, 15) is 9.59 Å². The molecule has 4 N–H and O–H groups in total. The number of rotatable bonds is 6. The fourth-order valence-corrected chi connectivity index (χ4v) is 5.14. The van der Waals surface area contributed by atoms with Gasteiger partial charge in [0.25, 0.3) is 0 Å². The molecule has 2 rings (SSSR count). The summed E-state index contributed by atoms with van der Waals surface area (Å²) in [7, 11) is 0. The molecule has 0 saturated carbocycles. The average molecular weight is 791 g/mol. The molecule has 0 spiro atoms. The van der Waals surface area contributed by atoms with Crippen molar-refractivity contribution in [3.63, 3.8) is 0 Å². The minimum Gasteiger partial charge on any atom is -0.461 e. The number of allylic oxidation sites excluding steroid dienone is 11. The van der Waals surface area contributed by atoms with Crippen molar-refractivity contribution in [3.8, 4) is 0 Å². The van der Waals surface area contributed by atoms with E-state index in [0.29, 0.717) is 91.1 Å². The third-order valence-electron chi connectivity index (χ3n) is 8.27. The van der Waals surface area contributed by atoms with Crippen LogP contribution in [0.4, 0.5) is 0 Å². The van der Waals surface area contributed by atoms with Crippen LogP contribution in [0.5, 0.6) is 0 Å². The van der Waals surface area contributed by atoms with Crippen molar-refractivity contribution in [1.82, 2.24) is 0 Å². The quantitative estimate of drug-likeness (QED) is 0.121. The highest BCUT2D eigenvalue weighted by Gasteiger charge is 2.11. The van der Waals surface area contributed by atoms with Crippen molar-refractivity contribution in [1.29, 1.82) is 0 Å². The average Bonchev–Trinajstić information content (AvgIpc) is 3.72. The third kappa shape index (κ3) is 31.2. The normalized spacial score (nSPS) is 21.9. The van der Waals surface area contributed by atoms with Gasteiger partial charge in [-0.1, -0.05) is 97.2 Å². The van der Waals surface area contributed by atoms with E-state index in [0.717, 1.165) is 32.1 Å². The first-order valence-electron chi connectivity index (χ1n) is 20.2. The minimum absolute atomic E-state index is 0.0224. The summed E-state index contributed by atoms with van der Waals surface area (Å²) >= 11 is 0. The Morgan fingerprint density at radius 2 is 1.05 bits per heavy atom. The molecular formula is C45H66N4O8. The second kappa shape index (κ2) is 35.8. The van der Waals surface area contributed by atoms with Crippen molar-refractivity contribution >= 4 is 24.1 Å². The van der Waals surface area contributed by atoms with Gasteiger partial charge in [-0.25, -0.2) is 0 Å². The number of cyclic esters (lactones) is 2. The molecule has 0 radical (unpaired) electrons. The fraction of sp³-hybridized carbons (Fsp3) is 0.511. The summed E-state index contributed by atoms with van der Waals surface area (Å²) in [5.74, 6) is -0.401. The predicted octanol–water partition coefficient (Wildman–Crippen LogP) is 7.26. The summed E-state index contributed by atoms with van der Waals surface area (Å²) in [6, 6.07) is 0. The molecule has 2 atom stereocenters. The van der Waals surface area contributed by atoms with Crippen LogP contribution in [-0.4, -0.2) is 95.7 Å². The zero-order valence-corrected chi connectivity index (χ0v) is 33.7. The van der Waals surface area contributed by atoms with Crippen LogP contribution in [0.1, 0.15) is 77.0 Å². The lowest BCUT2D eigenvalue weighted by atomic mass is 10.1. The molecule has 0 amide bonds. The van der Waals surface area contributed by atoms with Gasteiger partial charge in [-0.05, 0) is 63.4 Å². The van der Waals surface area contributed by atoms with Crippen molar-refractivity contribution in [2.24, 2.45) is 21.5 Å². The maximum Gasteiger partial charge on any atom is 0.306 e. The Kier molecular flexibility index (Phi) is 30.5. The van der Waals surface area contributed by atoms with Crippen LogP contribution in [0, 0.1) is 0 Å². The second-order valence-electron chi connectivity index (χ2n) is 13.1. The zero-order valence-electron chi connectivity index (χ0n) is 33.7. The number of hydrogen-bond donors (Lipinski definition) is 2. The lowest BCUT2D eigenvalue weighted by Crippen LogP contribution is -2.25. The molecule has 0 fully saturated rings. The van der Waals surface area contributed by atoms with Gasteiger partial charge in [0.2, 0.25) is 0 Å². The van der Waals surface area contributed by atoms with Crippen molar-refractivity contribution in [2.75, 3.05) is 59.4 Å². The molecule has 0 aromatic carbocycles. The summed E-state index contributed by atoms with van der Waals surface area (Å²) in [5.41, 5.74) is 12.2. The lowest BCUT2D eigenvalue weighted by molar-refractivity contribution is -0.143. The van der Waals surface area contributed by atoms with Gasteiger partial charge >= 0.3 is 11.9 Å². The summed E-state index contributed by atoms with van der Waals surface area (Å²) in [6.45, 7) is 3.70. The predicted molar refractivity (Wildman–Crippen MR) is 229 cm³/mol. The molecule has 0 saturated heterocycles. The van der Waals surface area contributed by atoms with E-state index in [4.69, 9.17) is 39.9 Å². The largest absolute Gasteiger partial charge is 0.461 e. The Hall–Kier alpha value is -4.62. The van der Waals surface area contributed by atoms with Crippen molar-refractivity contribution in [3.05, 3.63) is 109 Å². The maximum atomic E-state index is 12.1. The van der Waals surface area contributed by atoms with Crippen LogP contribution in [0.2, 0.25) is 0 Å². The Balaban J connectivity index is 1.84. The van der Waals surface area contributed by atoms with Crippen molar-refractivity contribution < 1.29 is 38.0 Å². The molecule has 314 valence electrons. The molecule has 0 aliphatic carbocycles. The minimum atomic E-state index is -0.223. The molecule has 12 heteroatoms. The van der Waals surface area contributed by atoms with Crippen LogP contribution in [-0.2, 0) is 38.0 Å². The summed E-state index contributed by atoms with van der Waals surface area (Å²) in [6.07, 6.45) is 43.5. The van der Waals surface area contributed by atoms with Crippen LogP contribution < -0.4 is 11.5 Å². The van der Waals surface area contributed by atoms with Gasteiger partial charge < -0.3 is 39.9 Å². The van der Waals surface area contributed by atoms with Gasteiger partial charge in [-0.3, -0.25) is 19.6 Å². The van der Waals surface area contributed by atoms with E-state index >= 15 is 0 Å². The number of carbonyl (C=O) groups is 2. The highest BCUT2D eigenvalue weighted by Crippen LogP contribution is 2.16. The van der Waals surface area contributed by atoms with Gasteiger partial charge in [-0.2, -0.15) is 0 Å². The number of nitrogens with two attached hydrogens (primary N) is 2. The number of nitrogens with zero attached hydrogens (tertiary/aromatic N) is 2. The van der Waals surface area contributed by atoms with Crippen molar-refractivity contribution in [2.45, 2.75) is 89.3 Å². The standard InChI is InChI=1S/C45H66N4O8/c46-45(47)49-30-28-42-39-53-32-18-10-5-13-21-35-56-43(50)23-15-7-1-3-9-17-31-52-38-41(26-25-40-27-29-48-37-40)54-33-19-11-4-2-8-16-24-44(51)57-36-22-14-6-12-20-34-55-42/h1-2,7-14,17-22,29,37,41-42H,3-6,15-16,23-28,30-36,38-39H2,(H4,46,47,49). The third-order valence-corrected chi connectivity index (χ3v) is 8.27. The van der Waals surface area contributed by atoms with Crippen LogP contribution in [0.15, 0.2) is 119 Å². The van der Waals surface area contributed by atoms with E-state index in [-0.39, 0.29) is 43.3 Å². The van der Waals surface area contributed by atoms with E-state index in [1.54, 1.807) is 0 Å². The van der Waals surface area contributed by atoms with E-state index in [2.05, 4.69) is 22.1 Å². The number of hydrogen-bond acceptors (Lipinski definition) is 10. The van der Waals surface area contributed by atoms with E-state index in [1.807, 2.05) is 97.5 Å². The van der Waals surface area contributed by atoms with Crippen LogP contribution in [0.25, 0.3) is 0 Å². The highest BCUT2D eigenvalue weighted by atomic mass is 16.5. The first-order valence-corrected chi connectivity index (χ1v) is 20.2. The number of carbonyl (C=O) groups excluding carboxylic acids is 2.